The number of hydrogen-bond acceptors (Lipinski definition) is 3. The molecule has 5 nitrogen and oxygen atoms in total. The molecule has 0 heterocycles. The largest absolute Gasteiger partial charge is 0.480 e. The highest BCUT2D eigenvalue weighted by molar-refractivity contribution is 6.35. The Kier molecular flexibility index (Phi) is 3.63. The van der Waals surface area contributed by atoms with Gasteiger partial charge in [0.25, 0.3) is 0 Å². The summed E-state index contributed by atoms with van der Waals surface area (Å²) in [5.41, 5.74) is -0.112. The highest BCUT2D eigenvalue weighted by atomic mass is 35.5. The summed E-state index contributed by atoms with van der Waals surface area (Å²) in [6.07, 6.45) is 0. The summed E-state index contributed by atoms with van der Waals surface area (Å²) in [4.78, 5) is 32.8. The number of Topliss-reactive ketones (excluding diaryl/α,β-unsaturated/α-hetero) is 1. The van der Waals surface area contributed by atoms with Crippen LogP contribution in [0.15, 0.2) is 24.3 Å². The van der Waals surface area contributed by atoms with Crippen molar-refractivity contribution in [2.24, 2.45) is 5.92 Å². The topological polar surface area (TPSA) is 91.7 Å². The first kappa shape index (κ1) is 12.2. The number of hydrogen-bond donors (Lipinski definition) is 2. The second-order valence-corrected chi connectivity index (χ2v) is 3.36. The molecule has 0 amide bonds. The molecule has 0 aliphatic carbocycles. The average molecular weight is 243 g/mol. The molecule has 84 valence electrons. The predicted molar refractivity (Wildman–Crippen MR) is 54.5 cm³/mol. The van der Waals surface area contributed by atoms with Crippen molar-refractivity contribution in [1.29, 1.82) is 0 Å². The summed E-state index contributed by atoms with van der Waals surface area (Å²) in [6.45, 7) is 0. The molecular weight excluding hydrogens is 236 g/mol. The van der Waals surface area contributed by atoms with Gasteiger partial charge in [-0.15, -0.1) is 0 Å². The third-order valence-electron chi connectivity index (χ3n) is 1.90. The predicted octanol–water partition coefficient (Wildman–Crippen LogP) is 1.31. The first-order valence-corrected chi connectivity index (χ1v) is 4.57. The summed E-state index contributed by atoms with van der Waals surface area (Å²) >= 11 is 5.67. The van der Waals surface area contributed by atoms with Crippen molar-refractivity contribution in [3.63, 3.8) is 0 Å². The van der Waals surface area contributed by atoms with Crippen molar-refractivity contribution in [2.75, 3.05) is 0 Å². The Morgan fingerprint density at radius 3 is 2.00 bits per heavy atom. The van der Waals surface area contributed by atoms with Gasteiger partial charge in [0.1, 0.15) is 0 Å². The van der Waals surface area contributed by atoms with Crippen LogP contribution in [0.2, 0.25) is 5.02 Å². The van der Waals surface area contributed by atoms with E-state index in [9.17, 15) is 14.4 Å². The Morgan fingerprint density at radius 1 is 1.06 bits per heavy atom. The summed E-state index contributed by atoms with van der Waals surface area (Å²) in [7, 11) is 0. The van der Waals surface area contributed by atoms with Crippen LogP contribution in [-0.2, 0) is 9.59 Å². The van der Waals surface area contributed by atoms with Crippen LogP contribution in [0.1, 0.15) is 10.4 Å². The molecule has 0 saturated carbocycles. The zero-order chi connectivity index (χ0) is 12.3. The fourth-order valence-corrected chi connectivity index (χ4v) is 1.38. The van der Waals surface area contributed by atoms with Gasteiger partial charge in [-0.25, -0.2) is 0 Å². The van der Waals surface area contributed by atoms with Gasteiger partial charge in [0.05, 0.1) is 5.02 Å². The Labute approximate surface area is 95.3 Å². The van der Waals surface area contributed by atoms with E-state index in [4.69, 9.17) is 21.8 Å². The van der Waals surface area contributed by atoms with E-state index >= 15 is 0 Å². The fourth-order valence-electron chi connectivity index (χ4n) is 1.15. The van der Waals surface area contributed by atoms with E-state index in [-0.39, 0.29) is 10.6 Å². The van der Waals surface area contributed by atoms with Crippen LogP contribution < -0.4 is 0 Å². The third-order valence-corrected chi connectivity index (χ3v) is 2.22. The van der Waals surface area contributed by atoms with E-state index in [1.807, 2.05) is 0 Å². The molecule has 0 aromatic heterocycles. The van der Waals surface area contributed by atoms with Gasteiger partial charge < -0.3 is 10.2 Å². The highest BCUT2D eigenvalue weighted by Crippen LogP contribution is 2.19. The Bertz CT molecular complexity index is 440. The van der Waals surface area contributed by atoms with Crippen molar-refractivity contribution < 1.29 is 24.6 Å². The molecule has 0 spiro atoms. The third kappa shape index (κ3) is 2.38. The number of benzene rings is 1. The molecule has 2 N–H and O–H groups in total. The van der Waals surface area contributed by atoms with Gasteiger partial charge in [-0.3, -0.25) is 14.4 Å². The number of ketones is 1. The summed E-state index contributed by atoms with van der Waals surface area (Å²) in [6, 6.07) is 5.69. The lowest BCUT2D eigenvalue weighted by atomic mass is 9.98. The molecule has 0 atom stereocenters. The van der Waals surface area contributed by atoms with Crippen molar-refractivity contribution >= 4 is 29.3 Å². The van der Waals surface area contributed by atoms with Crippen LogP contribution in [-0.4, -0.2) is 27.9 Å². The van der Waals surface area contributed by atoms with E-state index in [2.05, 4.69) is 0 Å². The zero-order valence-corrected chi connectivity index (χ0v) is 8.64. The van der Waals surface area contributed by atoms with Gasteiger partial charge in [0.2, 0.25) is 5.92 Å². The number of carbonyl (C=O) groups excluding carboxylic acids is 1. The summed E-state index contributed by atoms with van der Waals surface area (Å²) in [5, 5.41) is 17.3. The molecule has 1 aromatic rings. The first-order chi connectivity index (χ1) is 7.45. The minimum atomic E-state index is -2.13. The van der Waals surface area contributed by atoms with E-state index in [1.54, 1.807) is 6.07 Å². The maximum absolute atomic E-state index is 11.6. The highest BCUT2D eigenvalue weighted by Gasteiger charge is 2.35. The molecule has 0 bridgehead atoms. The van der Waals surface area contributed by atoms with Crippen molar-refractivity contribution in [1.82, 2.24) is 0 Å². The van der Waals surface area contributed by atoms with Gasteiger partial charge >= 0.3 is 11.9 Å². The van der Waals surface area contributed by atoms with Crippen LogP contribution in [0.3, 0.4) is 0 Å². The van der Waals surface area contributed by atoms with Crippen molar-refractivity contribution in [3.05, 3.63) is 34.9 Å². The van der Waals surface area contributed by atoms with Crippen molar-refractivity contribution in [3.8, 4) is 0 Å². The number of carbonyl (C=O) groups is 3. The van der Waals surface area contributed by atoms with Crippen LogP contribution in [0.5, 0.6) is 0 Å². The molecule has 0 aliphatic rings. The van der Waals surface area contributed by atoms with Gasteiger partial charge in [0.15, 0.2) is 5.78 Å². The average Bonchev–Trinajstić information content (AvgIpc) is 2.16. The van der Waals surface area contributed by atoms with Crippen LogP contribution >= 0.6 is 11.6 Å². The standard InChI is InChI=1S/C10H7ClO5/c11-6-4-2-1-3-5(6)8(12)7(9(13)14)10(15)16/h1-4,7H,(H,13,14)(H,15,16). The van der Waals surface area contributed by atoms with Gasteiger partial charge in [0, 0.05) is 5.56 Å². The molecule has 1 aromatic carbocycles. The van der Waals surface area contributed by atoms with Gasteiger partial charge in [-0.2, -0.15) is 0 Å². The second kappa shape index (κ2) is 4.76. The lowest BCUT2D eigenvalue weighted by Crippen LogP contribution is -2.31. The Morgan fingerprint density at radius 2 is 1.56 bits per heavy atom. The van der Waals surface area contributed by atoms with Gasteiger partial charge in [-0.1, -0.05) is 23.7 Å². The lowest BCUT2D eigenvalue weighted by molar-refractivity contribution is -0.151. The number of carboxylic acid groups (broad SMARTS) is 2. The molecule has 0 aliphatic heterocycles. The van der Waals surface area contributed by atoms with Crippen LogP contribution in [0, 0.1) is 5.92 Å². The van der Waals surface area contributed by atoms with E-state index < -0.39 is 23.6 Å². The molecule has 16 heavy (non-hydrogen) atoms. The number of aliphatic carboxylic acids is 2. The van der Waals surface area contributed by atoms with E-state index in [1.165, 1.54) is 18.2 Å². The maximum atomic E-state index is 11.6. The minimum absolute atomic E-state index is 0.0278. The molecule has 0 unspecified atom stereocenters. The van der Waals surface area contributed by atoms with Gasteiger partial charge in [-0.05, 0) is 12.1 Å². The normalized spacial score (nSPS) is 10.1. The number of carboxylic acids is 2. The maximum Gasteiger partial charge on any atom is 0.325 e. The fraction of sp³-hybridized carbons (Fsp3) is 0.100. The zero-order valence-electron chi connectivity index (χ0n) is 7.88. The van der Waals surface area contributed by atoms with E-state index in [0.29, 0.717) is 0 Å². The quantitative estimate of drug-likeness (QED) is 0.613. The molecule has 6 heteroatoms. The van der Waals surface area contributed by atoms with E-state index in [0.717, 1.165) is 0 Å². The molecular formula is C10H7ClO5. The summed E-state index contributed by atoms with van der Waals surface area (Å²) in [5.74, 6) is -6.58. The number of halogens is 1. The van der Waals surface area contributed by atoms with Crippen LogP contribution in [0.4, 0.5) is 0 Å². The SMILES string of the molecule is O=C(O)C(C(=O)O)C(=O)c1ccccc1Cl. The lowest BCUT2D eigenvalue weighted by Gasteiger charge is -2.07. The molecule has 1 rings (SSSR count). The van der Waals surface area contributed by atoms with Crippen molar-refractivity contribution in [2.45, 2.75) is 0 Å². The van der Waals surface area contributed by atoms with Crippen LogP contribution in [0.25, 0.3) is 0 Å². The summed E-state index contributed by atoms with van der Waals surface area (Å²) < 4.78 is 0. The first-order valence-electron chi connectivity index (χ1n) is 4.19. The smallest absolute Gasteiger partial charge is 0.325 e. The Balaban J connectivity index is 3.15. The number of rotatable bonds is 4. The monoisotopic (exact) mass is 242 g/mol. The second-order valence-electron chi connectivity index (χ2n) is 2.95. The minimum Gasteiger partial charge on any atom is -0.480 e. The molecule has 0 radical (unpaired) electrons. The molecule has 0 fully saturated rings. The Hall–Kier alpha value is -1.88. The molecule has 0 saturated heterocycles.